The molecule has 1 heterocycles. The Hall–Kier alpha value is -3.78. The lowest BCUT2D eigenvalue weighted by molar-refractivity contribution is -0.140. The predicted molar refractivity (Wildman–Crippen MR) is 112 cm³/mol. The van der Waals surface area contributed by atoms with Gasteiger partial charge in [0.15, 0.2) is 5.70 Å². The largest absolute Gasteiger partial charge is 0.376 e. The standard InChI is InChI=1S/C22H22N4O4/c1-22(2,3)24-20(28)17(23-19(27)15-10-6-4-7-11-15)14-18-21(29)30-25-26(18)16-12-8-5-9-13-16/h4-14,25H,1-3H3,(H,24,28)/b18-14+,23-17?. The van der Waals surface area contributed by atoms with Crippen molar-refractivity contribution in [3.63, 3.8) is 0 Å². The highest BCUT2D eigenvalue weighted by Crippen LogP contribution is 2.21. The minimum atomic E-state index is -0.706. The molecule has 154 valence electrons. The fraction of sp³-hybridized carbons (Fsp3) is 0.182. The van der Waals surface area contributed by atoms with Crippen molar-refractivity contribution in [2.24, 2.45) is 4.99 Å². The molecule has 8 heteroatoms. The van der Waals surface area contributed by atoms with Crippen LogP contribution in [0.2, 0.25) is 0 Å². The number of hydrogen-bond donors (Lipinski definition) is 2. The van der Waals surface area contributed by atoms with Crippen LogP contribution in [0.4, 0.5) is 5.69 Å². The number of carbonyl (C=O) groups excluding carboxylic acids is 3. The van der Waals surface area contributed by atoms with Gasteiger partial charge < -0.3 is 10.2 Å². The van der Waals surface area contributed by atoms with Gasteiger partial charge in [0.25, 0.3) is 11.8 Å². The van der Waals surface area contributed by atoms with Crippen molar-refractivity contribution in [2.75, 3.05) is 5.01 Å². The van der Waals surface area contributed by atoms with E-state index in [0.29, 0.717) is 11.3 Å². The van der Waals surface area contributed by atoms with Gasteiger partial charge in [-0.2, -0.15) is 0 Å². The summed E-state index contributed by atoms with van der Waals surface area (Å²) in [6, 6.07) is 17.3. The number of aliphatic imine (C=N–C) groups is 1. The Morgan fingerprint density at radius 3 is 2.23 bits per heavy atom. The molecule has 0 aliphatic carbocycles. The zero-order valence-corrected chi connectivity index (χ0v) is 16.9. The summed E-state index contributed by atoms with van der Waals surface area (Å²) in [5.41, 5.74) is 2.66. The van der Waals surface area contributed by atoms with Crippen LogP contribution in [0.25, 0.3) is 0 Å². The molecular formula is C22H22N4O4. The Labute approximate surface area is 174 Å². The molecule has 2 N–H and O–H groups in total. The van der Waals surface area contributed by atoms with Crippen molar-refractivity contribution in [1.29, 1.82) is 0 Å². The molecule has 1 fully saturated rings. The topological polar surface area (TPSA) is 100 Å². The SMILES string of the molecule is CC(C)(C)NC(=O)C(/C=C1\C(=O)ONN1c1ccccc1)=NC(=O)c1ccccc1. The van der Waals surface area contributed by atoms with Crippen molar-refractivity contribution >= 4 is 29.2 Å². The quantitative estimate of drug-likeness (QED) is 0.598. The van der Waals surface area contributed by atoms with Crippen LogP contribution < -0.4 is 15.9 Å². The number of para-hydroxylation sites is 1. The van der Waals surface area contributed by atoms with E-state index >= 15 is 0 Å². The van der Waals surface area contributed by atoms with Crippen LogP contribution in [0.15, 0.2) is 77.4 Å². The average Bonchev–Trinajstić information content (AvgIpc) is 3.07. The van der Waals surface area contributed by atoms with Crippen molar-refractivity contribution in [2.45, 2.75) is 26.3 Å². The fourth-order valence-corrected chi connectivity index (χ4v) is 2.61. The Kier molecular flexibility index (Phi) is 6.08. The molecule has 0 saturated carbocycles. The summed E-state index contributed by atoms with van der Waals surface area (Å²) in [6.07, 6.45) is 1.23. The highest BCUT2D eigenvalue weighted by molar-refractivity contribution is 6.46. The number of amides is 2. The fourth-order valence-electron chi connectivity index (χ4n) is 2.61. The van der Waals surface area contributed by atoms with Crippen LogP contribution in [0.5, 0.6) is 0 Å². The summed E-state index contributed by atoms with van der Waals surface area (Å²) < 4.78 is 0. The van der Waals surface area contributed by atoms with E-state index in [4.69, 9.17) is 4.84 Å². The zero-order chi connectivity index (χ0) is 21.7. The van der Waals surface area contributed by atoms with Gasteiger partial charge in [0.05, 0.1) is 5.69 Å². The Bertz CT molecular complexity index is 1010. The molecule has 0 spiro atoms. The third-order valence-electron chi connectivity index (χ3n) is 3.93. The first kappa shape index (κ1) is 20.9. The van der Waals surface area contributed by atoms with Gasteiger partial charge in [0, 0.05) is 17.2 Å². The molecule has 2 aromatic carbocycles. The smallest absolute Gasteiger partial charge is 0.346 e. The van der Waals surface area contributed by atoms with Crippen molar-refractivity contribution in [3.05, 3.63) is 78.0 Å². The summed E-state index contributed by atoms with van der Waals surface area (Å²) in [6.45, 7) is 5.41. The molecule has 1 aliphatic rings. The van der Waals surface area contributed by atoms with Crippen LogP contribution in [-0.2, 0) is 14.4 Å². The van der Waals surface area contributed by atoms with Crippen molar-refractivity contribution in [3.8, 4) is 0 Å². The Morgan fingerprint density at radius 1 is 1.03 bits per heavy atom. The lowest BCUT2D eigenvalue weighted by atomic mass is 10.1. The first-order valence-electron chi connectivity index (χ1n) is 9.29. The minimum absolute atomic E-state index is 0.0184. The monoisotopic (exact) mass is 406 g/mol. The molecule has 0 atom stereocenters. The van der Waals surface area contributed by atoms with Gasteiger partial charge in [-0.25, -0.2) is 14.8 Å². The highest BCUT2D eigenvalue weighted by Gasteiger charge is 2.31. The molecule has 30 heavy (non-hydrogen) atoms. The number of benzene rings is 2. The summed E-state index contributed by atoms with van der Waals surface area (Å²) in [5.74, 6) is -1.90. The molecule has 1 saturated heterocycles. The molecular weight excluding hydrogens is 384 g/mol. The summed E-state index contributed by atoms with van der Waals surface area (Å²) in [4.78, 5) is 46.6. The molecule has 0 radical (unpaired) electrons. The van der Waals surface area contributed by atoms with Gasteiger partial charge in [0.1, 0.15) is 5.71 Å². The third-order valence-corrected chi connectivity index (χ3v) is 3.93. The first-order chi connectivity index (χ1) is 14.2. The normalized spacial score (nSPS) is 15.8. The van der Waals surface area contributed by atoms with Crippen molar-refractivity contribution < 1.29 is 19.2 Å². The van der Waals surface area contributed by atoms with Crippen LogP contribution in [0.1, 0.15) is 31.1 Å². The predicted octanol–water partition coefficient (Wildman–Crippen LogP) is 2.55. The molecule has 8 nitrogen and oxygen atoms in total. The number of hydrogen-bond acceptors (Lipinski definition) is 6. The van der Waals surface area contributed by atoms with E-state index in [2.05, 4.69) is 15.9 Å². The van der Waals surface area contributed by atoms with Gasteiger partial charge in [-0.05, 0) is 45.0 Å². The van der Waals surface area contributed by atoms with E-state index in [1.807, 2.05) is 6.07 Å². The van der Waals surface area contributed by atoms with Crippen LogP contribution in [0.3, 0.4) is 0 Å². The van der Waals surface area contributed by atoms with E-state index in [1.165, 1.54) is 11.1 Å². The molecule has 1 aliphatic heterocycles. The minimum Gasteiger partial charge on any atom is -0.346 e. The summed E-state index contributed by atoms with van der Waals surface area (Å²) >= 11 is 0. The maximum Gasteiger partial charge on any atom is 0.376 e. The van der Waals surface area contributed by atoms with Crippen LogP contribution >= 0.6 is 0 Å². The van der Waals surface area contributed by atoms with E-state index in [1.54, 1.807) is 75.4 Å². The number of nitrogens with one attached hydrogen (secondary N) is 2. The van der Waals surface area contributed by atoms with Crippen LogP contribution in [-0.4, -0.2) is 29.0 Å². The third kappa shape index (κ3) is 5.18. The lowest BCUT2D eigenvalue weighted by Gasteiger charge is -2.21. The van der Waals surface area contributed by atoms with Crippen molar-refractivity contribution in [1.82, 2.24) is 10.9 Å². The van der Waals surface area contributed by atoms with E-state index in [9.17, 15) is 14.4 Å². The summed E-state index contributed by atoms with van der Waals surface area (Å²) in [7, 11) is 0. The van der Waals surface area contributed by atoms with Gasteiger partial charge in [0.2, 0.25) is 0 Å². The molecule has 0 aromatic heterocycles. The number of hydrazine groups is 1. The molecule has 0 bridgehead atoms. The number of nitrogens with zero attached hydrogens (tertiary/aromatic N) is 2. The molecule has 2 amide bonds. The van der Waals surface area contributed by atoms with Gasteiger partial charge in [-0.3, -0.25) is 9.59 Å². The second-order valence-electron chi connectivity index (χ2n) is 7.55. The average molecular weight is 406 g/mol. The highest BCUT2D eigenvalue weighted by atomic mass is 16.7. The molecule has 3 rings (SSSR count). The summed E-state index contributed by atoms with van der Waals surface area (Å²) in [5, 5.41) is 4.13. The number of anilines is 1. The van der Waals surface area contributed by atoms with Gasteiger partial charge >= 0.3 is 5.97 Å². The Morgan fingerprint density at radius 2 is 1.63 bits per heavy atom. The maximum atomic E-state index is 12.8. The Balaban J connectivity index is 2.02. The first-order valence-corrected chi connectivity index (χ1v) is 9.29. The molecule has 2 aromatic rings. The van der Waals surface area contributed by atoms with E-state index in [-0.39, 0.29) is 11.4 Å². The zero-order valence-electron chi connectivity index (χ0n) is 16.9. The number of carbonyl (C=O) groups is 3. The van der Waals surface area contributed by atoms with E-state index in [0.717, 1.165) is 0 Å². The molecule has 0 unspecified atom stereocenters. The second-order valence-corrected chi connectivity index (χ2v) is 7.55. The van der Waals surface area contributed by atoms with Gasteiger partial charge in [-0.1, -0.05) is 42.0 Å². The van der Waals surface area contributed by atoms with E-state index < -0.39 is 23.3 Å². The second kappa shape index (κ2) is 8.71. The lowest BCUT2D eigenvalue weighted by Crippen LogP contribution is -2.44. The van der Waals surface area contributed by atoms with Crippen LogP contribution in [0, 0.1) is 0 Å². The number of rotatable bonds is 4. The van der Waals surface area contributed by atoms with Gasteiger partial charge in [-0.15, -0.1) is 0 Å². The maximum absolute atomic E-state index is 12.8.